The predicted molar refractivity (Wildman–Crippen MR) is 108 cm³/mol. The number of benzene rings is 2. The number of aryl methyl sites for hydroxylation is 1. The highest BCUT2D eigenvalue weighted by atomic mass is 32.1. The molecule has 0 bridgehead atoms. The Balaban J connectivity index is 1.43. The SMILES string of the molecule is COc1cccc(CN(C)C(=O)COC(=O)CCc2nc3ccccc3s2)c1. The maximum atomic E-state index is 12.2. The molecule has 0 radical (unpaired) electrons. The fourth-order valence-corrected chi connectivity index (χ4v) is 3.66. The Kier molecular flexibility index (Phi) is 6.60. The van der Waals surface area contributed by atoms with E-state index in [0.717, 1.165) is 26.5 Å². The van der Waals surface area contributed by atoms with Crippen molar-refractivity contribution >= 4 is 33.4 Å². The summed E-state index contributed by atoms with van der Waals surface area (Å²) >= 11 is 1.57. The maximum absolute atomic E-state index is 12.2. The Labute approximate surface area is 167 Å². The van der Waals surface area contributed by atoms with E-state index in [9.17, 15) is 9.59 Å². The van der Waals surface area contributed by atoms with Crippen LogP contribution in [0.15, 0.2) is 48.5 Å². The molecule has 3 rings (SSSR count). The van der Waals surface area contributed by atoms with Crippen molar-refractivity contribution < 1.29 is 19.1 Å². The second-order valence-electron chi connectivity index (χ2n) is 6.34. The zero-order valence-corrected chi connectivity index (χ0v) is 16.7. The topological polar surface area (TPSA) is 68.7 Å². The number of fused-ring (bicyclic) bond motifs is 1. The number of aromatic nitrogens is 1. The van der Waals surface area contributed by atoms with E-state index in [0.29, 0.717) is 13.0 Å². The summed E-state index contributed by atoms with van der Waals surface area (Å²) in [6, 6.07) is 15.4. The predicted octanol–water partition coefficient (Wildman–Crippen LogP) is 3.44. The summed E-state index contributed by atoms with van der Waals surface area (Å²) < 4.78 is 11.4. The number of thiazole rings is 1. The van der Waals surface area contributed by atoms with Crippen molar-refractivity contribution in [1.29, 1.82) is 0 Å². The first-order chi connectivity index (χ1) is 13.5. The van der Waals surface area contributed by atoms with E-state index in [4.69, 9.17) is 9.47 Å². The van der Waals surface area contributed by atoms with Crippen LogP contribution in [-0.4, -0.2) is 42.5 Å². The molecule has 0 aliphatic rings. The molecular weight excluding hydrogens is 376 g/mol. The summed E-state index contributed by atoms with van der Waals surface area (Å²) in [4.78, 5) is 30.2. The third-order valence-corrected chi connectivity index (χ3v) is 5.31. The van der Waals surface area contributed by atoms with E-state index >= 15 is 0 Å². The lowest BCUT2D eigenvalue weighted by Crippen LogP contribution is -2.30. The highest BCUT2D eigenvalue weighted by Crippen LogP contribution is 2.22. The molecule has 0 spiro atoms. The van der Waals surface area contributed by atoms with Crippen molar-refractivity contribution in [2.45, 2.75) is 19.4 Å². The van der Waals surface area contributed by atoms with Gasteiger partial charge in [-0.15, -0.1) is 11.3 Å². The van der Waals surface area contributed by atoms with Crippen LogP contribution < -0.4 is 4.74 Å². The molecule has 1 amide bonds. The molecule has 0 aliphatic carbocycles. The maximum Gasteiger partial charge on any atom is 0.306 e. The lowest BCUT2D eigenvalue weighted by Gasteiger charge is -2.17. The first-order valence-electron chi connectivity index (χ1n) is 8.92. The van der Waals surface area contributed by atoms with Gasteiger partial charge in [-0.05, 0) is 29.8 Å². The third-order valence-electron chi connectivity index (χ3n) is 4.22. The molecule has 0 unspecified atom stereocenters. The summed E-state index contributed by atoms with van der Waals surface area (Å²) in [5.41, 5.74) is 1.88. The quantitative estimate of drug-likeness (QED) is 0.544. The Bertz CT molecular complexity index is 937. The van der Waals surface area contributed by atoms with Crippen LogP contribution in [0, 0.1) is 0 Å². The fraction of sp³-hybridized carbons (Fsp3) is 0.286. The van der Waals surface area contributed by atoms with Crippen molar-refractivity contribution in [3.63, 3.8) is 0 Å². The number of esters is 1. The molecule has 3 aromatic rings. The Morgan fingerprint density at radius 1 is 1.14 bits per heavy atom. The van der Waals surface area contributed by atoms with Gasteiger partial charge in [0.1, 0.15) is 5.75 Å². The van der Waals surface area contributed by atoms with Gasteiger partial charge in [0.25, 0.3) is 5.91 Å². The molecule has 0 fully saturated rings. The number of hydrogen-bond donors (Lipinski definition) is 0. The molecule has 0 aliphatic heterocycles. The summed E-state index contributed by atoms with van der Waals surface area (Å²) in [5.74, 6) is 0.0816. The molecule has 0 saturated carbocycles. The van der Waals surface area contributed by atoms with Crippen LogP contribution in [0.1, 0.15) is 17.0 Å². The monoisotopic (exact) mass is 398 g/mol. The zero-order valence-electron chi connectivity index (χ0n) is 15.9. The minimum absolute atomic E-state index is 0.201. The summed E-state index contributed by atoms with van der Waals surface area (Å²) in [6.07, 6.45) is 0.707. The standard InChI is InChI=1S/C21H22N2O4S/c1-23(13-15-6-5-7-16(12-15)26-2)20(24)14-27-21(25)11-10-19-22-17-8-3-4-9-18(17)28-19/h3-9,12H,10-11,13-14H2,1-2H3. The number of para-hydroxylation sites is 1. The average Bonchev–Trinajstić information content (AvgIpc) is 3.13. The van der Waals surface area contributed by atoms with Crippen LogP contribution in [0.4, 0.5) is 0 Å². The Hall–Kier alpha value is -2.93. The number of carbonyl (C=O) groups is 2. The highest BCUT2D eigenvalue weighted by molar-refractivity contribution is 7.18. The van der Waals surface area contributed by atoms with E-state index in [1.165, 1.54) is 4.90 Å². The largest absolute Gasteiger partial charge is 0.497 e. The number of amides is 1. The van der Waals surface area contributed by atoms with Crippen molar-refractivity contribution in [1.82, 2.24) is 9.88 Å². The van der Waals surface area contributed by atoms with Crippen LogP contribution in [0.3, 0.4) is 0 Å². The molecule has 2 aromatic carbocycles. The Morgan fingerprint density at radius 2 is 1.96 bits per heavy atom. The van der Waals surface area contributed by atoms with Crippen molar-refractivity contribution in [2.75, 3.05) is 20.8 Å². The van der Waals surface area contributed by atoms with Gasteiger partial charge in [0.05, 0.1) is 28.8 Å². The van der Waals surface area contributed by atoms with E-state index in [2.05, 4.69) is 4.98 Å². The number of hydrogen-bond acceptors (Lipinski definition) is 6. The molecule has 146 valence electrons. The fourth-order valence-electron chi connectivity index (χ4n) is 2.69. The minimum atomic E-state index is -0.401. The van der Waals surface area contributed by atoms with Crippen molar-refractivity contribution in [3.05, 3.63) is 59.1 Å². The molecule has 1 aromatic heterocycles. The van der Waals surface area contributed by atoms with Gasteiger partial charge in [-0.2, -0.15) is 0 Å². The van der Waals surface area contributed by atoms with Crippen molar-refractivity contribution in [3.8, 4) is 5.75 Å². The number of carbonyl (C=O) groups excluding carboxylic acids is 2. The van der Waals surface area contributed by atoms with Crippen LogP contribution in [0.2, 0.25) is 0 Å². The average molecular weight is 398 g/mol. The molecule has 0 saturated heterocycles. The molecule has 28 heavy (non-hydrogen) atoms. The number of methoxy groups -OCH3 is 1. The molecule has 0 atom stereocenters. The third kappa shape index (κ3) is 5.29. The second-order valence-corrected chi connectivity index (χ2v) is 7.45. The minimum Gasteiger partial charge on any atom is -0.497 e. The zero-order chi connectivity index (χ0) is 19.9. The number of ether oxygens (including phenoxy) is 2. The van der Waals surface area contributed by atoms with E-state index in [1.807, 2.05) is 48.5 Å². The van der Waals surface area contributed by atoms with Crippen molar-refractivity contribution in [2.24, 2.45) is 0 Å². The Morgan fingerprint density at radius 3 is 2.75 bits per heavy atom. The highest BCUT2D eigenvalue weighted by Gasteiger charge is 2.14. The normalized spacial score (nSPS) is 10.6. The smallest absolute Gasteiger partial charge is 0.306 e. The first kappa shape index (κ1) is 19.8. The molecule has 0 N–H and O–H groups in total. The lowest BCUT2D eigenvalue weighted by atomic mass is 10.2. The summed E-state index contributed by atoms with van der Waals surface area (Å²) in [5, 5.41) is 0.889. The van der Waals surface area contributed by atoms with Crippen LogP contribution in [-0.2, 0) is 27.3 Å². The summed E-state index contributed by atoms with van der Waals surface area (Å²) in [7, 11) is 3.28. The van der Waals surface area contributed by atoms with E-state index in [1.54, 1.807) is 25.5 Å². The summed E-state index contributed by atoms with van der Waals surface area (Å²) in [6.45, 7) is 0.151. The molecule has 7 heteroatoms. The number of rotatable bonds is 8. The van der Waals surface area contributed by atoms with Gasteiger partial charge in [-0.3, -0.25) is 9.59 Å². The van der Waals surface area contributed by atoms with E-state index in [-0.39, 0.29) is 18.9 Å². The van der Waals surface area contributed by atoms with E-state index < -0.39 is 5.97 Å². The van der Waals surface area contributed by atoms with Crippen LogP contribution in [0.5, 0.6) is 5.75 Å². The lowest BCUT2D eigenvalue weighted by molar-refractivity contribution is -0.151. The first-order valence-corrected chi connectivity index (χ1v) is 9.74. The number of nitrogens with zero attached hydrogens (tertiary/aromatic N) is 2. The van der Waals surface area contributed by atoms with Gasteiger partial charge in [-0.25, -0.2) is 4.98 Å². The van der Waals surface area contributed by atoms with Gasteiger partial charge < -0.3 is 14.4 Å². The van der Waals surface area contributed by atoms with Gasteiger partial charge in [0.15, 0.2) is 6.61 Å². The van der Waals surface area contributed by atoms with Gasteiger partial charge in [0.2, 0.25) is 0 Å². The van der Waals surface area contributed by atoms with Crippen LogP contribution >= 0.6 is 11.3 Å². The second kappa shape index (κ2) is 9.32. The number of likely N-dealkylation sites (N-methyl/N-ethyl adjacent to an activating group) is 1. The van der Waals surface area contributed by atoms with Gasteiger partial charge in [0, 0.05) is 20.0 Å². The molecular formula is C21H22N2O4S. The molecule has 1 heterocycles. The van der Waals surface area contributed by atoms with Crippen LogP contribution in [0.25, 0.3) is 10.2 Å². The molecule has 6 nitrogen and oxygen atoms in total. The van der Waals surface area contributed by atoms with Gasteiger partial charge in [-0.1, -0.05) is 24.3 Å². The van der Waals surface area contributed by atoms with Gasteiger partial charge >= 0.3 is 5.97 Å².